The molecule has 2 heterocycles. The molecule has 1 fully saturated rings. The Kier molecular flexibility index (Phi) is 7.07. The maximum atomic E-state index is 12.3. The van der Waals surface area contributed by atoms with E-state index < -0.39 is 0 Å². The molecule has 0 aliphatic carbocycles. The lowest BCUT2D eigenvalue weighted by Gasteiger charge is -2.35. The summed E-state index contributed by atoms with van der Waals surface area (Å²) in [5.41, 5.74) is 0.905. The van der Waals surface area contributed by atoms with Crippen molar-refractivity contribution in [1.29, 1.82) is 0 Å². The van der Waals surface area contributed by atoms with Crippen molar-refractivity contribution in [2.24, 2.45) is 5.92 Å². The molecule has 0 spiro atoms. The molecule has 2 aromatic rings. The summed E-state index contributed by atoms with van der Waals surface area (Å²) >= 11 is 5.85. The molecular formula is C20H27ClN4O3. The Balaban J connectivity index is 1.47. The number of hydrogen-bond donors (Lipinski definition) is 2. The number of nitrogens with one attached hydrogen (secondary N) is 1. The average molecular weight is 407 g/mol. The Hall–Kier alpha value is -1.93. The summed E-state index contributed by atoms with van der Waals surface area (Å²) in [5, 5.41) is 13.4. The lowest BCUT2D eigenvalue weighted by atomic mass is 10.1. The lowest BCUT2D eigenvalue weighted by Crippen LogP contribution is -2.48. The highest BCUT2D eigenvalue weighted by molar-refractivity contribution is 6.30. The maximum Gasteiger partial charge on any atom is 0.277 e. The van der Waals surface area contributed by atoms with Gasteiger partial charge in [0.15, 0.2) is 5.69 Å². The smallest absolute Gasteiger partial charge is 0.277 e. The summed E-state index contributed by atoms with van der Waals surface area (Å²) < 4.78 is 5.48. The molecule has 152 valence electrons. The van der Waals surface area contributed by atoms with Gasteiger partial charge in [-0.3, -0.25) is 14.6 Å². The number of oxazole rings is 1. The van der Waals surface area contributed by atoms with Crippen LogP contribution in [-0.4, -0.2) is 64.6 Å². The van der Waals surface area contributed by atoms with E-state index in [0.29, 0.717) is 29.7 Å². The van der Waals surface area contributed by atoms with Crippen LogP contribution in [0.15, 0.2) is 34.9 Å². The number of nitrogens with zero attached hydrogens (tertiary/aromatic N) is 3. The van der Waals surface area contributed by atoms with Gasteiger partial charge in [-0.25, -0.2) is 4.98 Å². The minimum atomic E-state index is -0.315. The van der Waals surface area contributed by atoms with Gasteiger partial charge >= 0.3 is 0 Å². The summed E-state index contributed by atoms with van der Waals surface area (Å²) in [7, 11) is 0. The number of benzene rings is 1. The first-order valence-corrected chi connectivity index (χ1v) is 9.92. The summed E-state index contributed by atoms with van der Waals surface area (Å²) in [5.74, 6) is 0.476. The van der Waals surface area contributed by atoms with E-state index in [1.54, 1.807) is 24.3 Å². The number of aliphatic hydroxyl groups is 1. The van der Waals surface area contributed by atoms with Gasteiger partial charge in [0.1, 0.15) is 6.26 Å². The van der Waals surface area contributed by atoms with Crippen LogP contribution in [0.1, 0.15) is 30.2 Å². The SMILES string of the molecule is CC(C)[C@@H](O)CN1CCN(Cc2nc(C(=O)Nc3ccc(Cl)cc3)co2)CC1. The second-order valence-electron chi connectivity index (χ2n) is 7.48. The van der Waals surface area contributed by atoms with E-state index in [-0.39, 0.29) is 23.6 Å². The minimum Gasteiger partial charge on any atom is -0.447 e. The molecule has 1 aromatic carbocycles. The molecule has 2 N–H and O–H groups in total. The summed E-state index contributed by atoms with van der Waals surface area (Å²) in [4.78, 5) is 21.1. The number of carbonyl (C=O) groups is 1. The Bertz CT molecular complexity index is 770. The number of amides is 1. The molecule has 1 saturated heterocycles. The van der Waals surface area contributed by atoms with E-state index in [1.807, 2.05) is 13.8 Å². The van der Waals surface area contributed by atoms with Crippen LogP contribution >= 0.6 is 11.6 Å². The molecule has 3 rings (SSSR count). The third kappa shape index (κ3) is 5.78. The van der Waals surface area contributed by atoms with Crippen LogP contribution in [0.5, 0.6) is 0 Å². The van der Waals surface area contributed by atoms with Crippen LogP contribution in [0, 0.1) is 5.92 Å². The van der Waals surface area contributed by atoms with Crippen molar-refractivity contribution in [3.05, 3.63) is 47.1 Å². The molecule has 1 amide bonds. The average Bonchev–Trinajstić information content (AvgIpc) is 3.14. The standard InChI is InChI=1S/C20H27ClN4O3/c1-14(2)18(26)11-24-7-9-25(10-8-24)12-19-23-17(13-28-19)20(27)22-16-5-3-15(21)4-6-16/h3-6,13-14,18,26H,7-12H2,1-2H3,(H,22,27)/t18-/m0/s1. The minimum absolute atomic E-state index is 0.253. The zero-order valence-electron chi connectivity index (χ0n) is 16.3. The molecule has 7 nitrogen and oxygen atoms in total. The largest absolute Gasteiger partial charge is 0.447 e. The van der Waals surface area contributed by atoms with E-state index in [4.69, 9.17) is 16.0 Å². The van der Waals surface area contributed by atoms with E-state index in [9.17, 15) is 9.90 Å². The number of piperazine rings is 1. The fourth-order valence-electron chi connectivity index (χ4n) is 3.01. The van der Waals surface area contributed by atoms with Crippen molar-refractivity contribution < 1.29 is 14.3 Å². The van der Waals surface area contributed by atoms with Crippen LogP contribution < -0.4 is 5.32 Å². The normalized spacial score (nSPS) is 17.0. The first kappa shape index (κ1) is 20.8. The Morgan fingerprint density at radius 3 is 2.50 bits per heavy atom. The van der Waals surface area contributed by atoms with Crippen LogP contribution in [0.2, 0.25) is 5.02 Å². The van der Waals surface area contributed by atoms with Gasteiger partial charge in [-0.05, 0) is 30.2 Å². The quantitative estimate of drug-likeness (QED) is 0.735. The van der Waals surface area contributed by atoms with Gasteiger partial charge in [0, 0.05) is 43.4 Å². The van der Waals surface area contributed by atoms with Gasteiger partial charge in [0.05, 0.1) is 12.6 Å². The molecule has 28 heavy (non-hydrogen) atoms. The second kappa shape index (κ2) is 9.52. The number of halogens is 1. The first-order valence-electron chi connectivity index (χ1n) is 9.55. The van der Waals surface area contributed by atoms with Gasteiger partial charge < -0.3 is 14.8 Å². The number of carbonyl (C=O) groups excluding carboxylic acids is 1. The van der Waals surface area contributed by atoms with E-state index in [1.165, 1.54) is 6.26 Å². The summed E-state index contributed by atoms with van der Waals surface area (Å²) in [6.45, 7) is 8.88. The van der Waals surface area contributed by atoms with Crippen LogP contribution in [0.4, 0.5) is 5.69 Å². The van der Waals surface area contributed by atoms with Crippen molar-refractivity contribution >= 4 is 23.2 Å². The third-order valence-corrected chi connectivity index (χ3v) is 5.18. The van der Waals surface area contributed by atoms with E-state index in [0.717, 1.165) is 26.2 Å². The number of aromatic nitrogens is 1. The van der Waals surface area contributed by atoms with Gasteiger partial charge in [0.2, 0.25) is 5.89 Å². The number of hydrogen-bond acceptors (Lipinski definition) is 6. The predicted molar refractivity (Wildman–Crippen MR) is 108 cm³/mol. The first-order chi connectivity index (χ1) is 13.4. The van der Waals surface area contributed by atoms with Crippen molar-refractivity contribution in [3.8, 4) is 0 Å². The van der Waals surface area contributed by atoms with Crippen molar-refractivity contribution in [2.75, 3.05) is 38.0 Å². The molecule has 0 radical (unpaired) electrons. The van der Waals surface area contributed by atoms with Gasteiger partial charge in [0.25, 0.3) is 5.91 Å². The molecule has 0 unspecified atom stereocenters. The highest BCUT2D eigenvalue weighted by Crippen LogP contribution is 2.15. The van der Waals surface area contributed by atoms with Gasteiger partial charge in [-0.15, -0.1) is 0 Å². The fourth-order valence-corrected chi connectivity index (χ4v) is 3.14. The zero-order chi connectivity index (χ0) is 20.1. The second-order valence-corrected chi connectivity index (χ2v) is 7.91. The summed E-state index contributed by atoms with van der Waals surface area (Å²) in [6, 6.07) is 6.89. The van der Waals surface area contributed by atoms with Gasteiger partial charge in [-0.1, -0.05) is 25.4 Å². The van der Waals surface area contributed by atoms with Gasteiger partial charge in [-0.2, -0.15) is 0 Å². The van der Waals surface area contributed by atoms with Crippen LogP contribution in [0.25, 0.3) is 0 Å². The van der Waals surface area contributed by atoms with Crippen molar-refractivity contribution in [3.63, 3.8) is 0 Å². The Labute approximate surface area is 170 Å². The molecule has 1 aliphatic rings. The van der Waals surface area contributed by atoms with Crippen molar-refractivity contribution in [2.45, 2.75) is 26.5 Å². The highest BCUT2D eigenvalue weighted by atomic mass is 35.5. The predicted octanol–water partition coefficient (Wildman–Crippen LogP) is 2.71. The van der Waals surface area contributed by atoms with E-state index in [2.05, 4.69) is 20.1 Å². The fraction of sp³-hybridized carbons (Fsp3) is 0.500. The lowest BCUT2D eigenvalue weighted by molar-refractivity contribution is 0.0463. The molecule has 0 bridgehead atoms. The highest BCUT2D eigenvalue weighted by Gasteiger charge is 2.22. The maximum absolute atomic E-state index is 12.3. The molecule has 1 aliphatic heterocycles. The summed E-state index contributed by atoms with van der Waals surface area (Å²) in [6.07, 6.45) is 1.09. The van der Waals surface area contributed by atoms with E-state index >= 15 is 0 Å². The monoisotopic (exact) mass is 406 g/mol. The topological polar surface area (TPSA) is 81.8 Å². The number of rotatable bonds is 7. The van der Waals surface area contributed by atoms with Crippen LogP contribution in [0.3, 0.4) is 0 Å². The zero-order valence-corrected chi connectivity index (χ0v) is 17.0. The molecule has 0 saturated carbocycles. The molecular weight excluding hydrogens is 380 g/mol. The third-order valence-electron chi connectivity index (χ3n) is 4.93. The number of aliphatic hydroxyl groups excluding tert-OH is 1. The van der Waals surface area contributed by atoms with Crippen LogP contribution in [-0.2, 0) is 6.54 Å². The Morgan fingerprint density at radius 2 is 1.86 bits per heavy atom. The molecule has 8 heteroatoms. The Morgan fingerprint density at radius 1 is 1.21 bits per heavy atom. The molecule has 1 atom stereocenters. The van der Waals surface area contributed by atoms with Crippen molar-refractivity contribution in [1.82, 2.24) is 14.8 Å². The number of β-amino-alcohol motifs (C(OH)–C–C–N with tert-alkyl or cyclic N) is 1. The molecule has 1 aromatic heterocycles. The number of anilines is 1.